The topological polar surface area (TPSA) is 26.3 Å². The van der Waals surface area contributed by atoms with Crippen molar-refractivity contribution in [2.45, 2.75) is 27.7 Å². The average molecular weight is 330 g/mol. The van der Waals surface area contributed by atoms with Gasteiger partial charge in [-0.15, -0.1) is 0 Å². The third-order valence-corrected chi connectivity index (χ3v) is 4.87. The van der Waals surface area contributed by atoms with Gasteiger partial charge in [0, 0.05) is 5.56 Å². The monoisotopic (exact) mass is 330 g/mol. The summed E-state index contributed by atoms with van der Waals surface area (Å²) in [6.45, 7) is 8.51. The number of esters is 1. The zero-order valence-corrected chi connectivity index (χ0v) is 15.1. The lowest BCUT2D eigenvalue weighted by Crippen LogP contribution is -2.09. The molecule has 0 amide bonds. The zero-order chi connectivity index (χ0) is 18.0. The van der Waals surface area contributed by atoms with Gasteiger partial charge >= 0.3 is 5.97 Å². The molecule has 2 heteroatoms. The lowest BCUT2D eigenvalue weighted by Gasteiger charge is -2.17. The molecule has 2 nitrogen and oxygen atoms in total. The molecule has 0 bridgehead atoms. The number of carbonyl (C=O) groups excluding carboxylic acids is 1. The Balaban J connectivity index is 2.05. The molecule has 0 saturated carbocycles. The van der Waals surface area contributed by atoms with E-state index in [9.17, 15) is 4.79 Å². The van der Waals surface area contributed by atoms with Crippen molar-refractivity contribution in [3.63, 3.8) is 0 Å². The summed E-state index contributed by atoms with van der Waals surface area (Å²) in [5.41, 5.74) is 7.63. The number of ether oxygens (including phenoxy) is 1. The van der Waals surface area contributed by atoms with Crippen LogP contribution < -0.4 is 4.74 Å². The van der Waals surface area contributed by atoms with Gasteiger partial charge in [0.15, 0.2) is 0 Å². The number of para-hydroxylation sites is 1. The standard InChI is InChI=1S/C23H22O2/c1-15-14-21(18(4)17(3)16(15)2)20-12-8-9-13-22(20)25-23(24)19-10-6-5-7-11-19/h5-14H,1-4H3. The average Bonchev–Trinajstić information content (AvgIpc) is 2.64. The number of benzene rings is 3. The maximum atomic E-state index is 12.4. The van der Waals surface area contributed by atoms with Gasteiger partial charge in [0.25, 0.3) is 0 Å². The molecule has 0 aliphatic carbocycles. The fourth-order valence-corrected chi connectivity index (χ4v) is 3.00. The lowest BCUT2D eigenvalue weighted by atomic mass is 9.90. The second-order valence-corrected chi connectivity index (χ2v) is 6.37. The molecule has 0 saturated heterocycles. The first kappa shape index (κ1) is 17.0. The molecule has 0 N–H and O–H groups in total. The van der Waals surface area contributed by atoms with Crippen molar-refractivity contribution in [3.05, 3.63) is 88.5 Å². The Morgan fingerprint density at radius 1 is 0.720 bits per heavy atom. The number of aryl methyl sites for hydroxylation is 1. The minimum Gasteiger partial charge on any atom is -0.422 e. The minimum atomic E-state index is -0.341. The van der Waals surface area contributed by atoms with Gasteiger partial charge in [-0.05, 0) is 73.7 Å². The van der Waals surface area contributed by atoms with Gasteiger partial charge in [-0.2, -0.15) is 0 Å². The molecule has 0 aliphatic rings. The summed E-state index contributed by atoms with van der Waals surface area (Å²) in [5, 5.41) is 0. The molecule has 0 fully saturated rings. The molecule has 3 rings (SSSR count). The molecular weight excluding hydrogens is 308 g/mol. The van der Waals surface area contributed by atoms with Gasteiger partial charge in [0.2, 0.25) is 0 Å². The van der Waals surface area contributed by atoms with Gasteiger partial charge in [0.1, 0.15) is 5.75 Å². The molecule has 0 radical (unpaired) electrons. The third kappa shape index (κ3) is 3.34. The van der Waals surface area contributed by atoms with Gasteiger partial charge in [-0.3, -0.25) is 0 Å². The van der Waals surface area contributed by atoms with Crippen LogP contribution in [0.15, 0.2) is 60.7 Å². The van der Waals surface area contributed by atoms with E-state index in [1.165, 1.54) is 22.3 Å². The molecule has 0 heterocycles. The summed E-state index contributed by atoms with van der Waals surface area (Å²) in [5.74, 6) is 0.244. The van der Waals surface area contributed by atoms with Gasteiger partial charge < -0.3 is 4.74 Å². The molecule has 3 aromatic carbocycles. The fourth-order valence-electron chi connectivity index (χ4n) is 3.00. The van der Waals surface area contributed by atoms with Crippen molar-refractivity contribution < 1.29 is 9.53 Å². The minimum absolute atomic E-state index is 0.341. The van der Waals surface area contributed by atoms with E-state index < -0.39 is 0 Å². The summed E-state index contributed by atoms with van der Waals surface area (Å²) in [4.78, 5) is 12.4. The van der Waals surface area contributed by atoms with E-state index in [2.05, 4.69) is 33.8 Å². The van der Waals surface area contributed by atoms with Crippen molar-refractivity contribution >= 4 is 5.97 Å². The predicted octanol–water partition coefficient (Wildman–Crippen LogP) is 5.81. The Labute approximate surface area is 149 Å². The highest BCUT2D eigenvalue weighted by atomic mass is 16.5. The first-order chi connectivity index (χ1) is 12.0. The van der Waals surface area contributed by atoms with E-state index in [1.807, 2.05) is 42.5 Å². The Kier molecular flexibility index (Phi) is 4.71. The molecule has 0 atom stereocenters. The van der Waals surface area contributed by atoms with Gasteiger partial charge in [0.05, 0.1) is 5.56 Å². The summed E-state index contributed by atoms with van der Waals surface area (Å²) in [7, 11) is 0. The van der Waals surface area contributed by atoms with E-state index in [4.69, 9.17) is 4.74 Å². The molecule has 3 aromatic rings. The van der Waals surface area contributed by atoms with E-state index in [0.717, 1.165) is 11.1 Å². The van der Waals surface area contributed by atoms with E-state index in [1.54, 1.807) is 12.1 Å². The zero-order valence-electron chi connectivity index (χ0n) is 15.1. The van der Waals surface area contributed by atoms with Crippen molar-refractivity contribution in [1.29, 1.82) is 0 Å². The van der Waals surface area contributed by atoms with Crippen LogP contribution in [-0.4, -0.2) is 5.97 Å². The van der Waals surface area contributed by atoms with E-state index in [0.29, 0.717) is 11.3 Å². The number of carbonyl (C=O) groups is 1. The summed E-state index contributed by atoms with van der Waals surface area (Å²) < 4.78 is 5.71. The van der Waals surface area contributed by atoms with Crippen LogP contribution in [0.3, 0.4) is 0 Å². The smallest absolute Gasteiger partial charge is 0.343 e. The highest BCUT2D eigenvalue weighted by molar-refractivity contribution is 5.92. The Morgan fingerprint density at radius 3 is 2.08 bits per heavy atom. The van der Waals surface area contributed by atoms with E-state index in [-0.39, 0.29) is 5.97 Å². The van der Waals surface area contributed by atoms with Crippen LogP contribution in [0.2, 0.25) is 0 Å². The van der Waals surface area contributed by atoms with Crippen molar-refractivity contribution in [2.24, 2.45) is 0 Å². The van der Waals surface area contributed by atoms with Crippen LogP contribution in [0.25, 0.3) is 11.1 Å². The maximum Gasteiger partial charge on any atom is 0.343 e. The maximum absolute atomic E-state index is 12.4. The van der Waals surface area contributed by atoms with Gasteiger partial charge in [-0.25, -0.2) is 4.79 Å². The highest BCUT2D eigenvalue weighted by Gasteiger charge is 2.15. The Morgan fingerprint density at radius 2 is 1.36 bits per heavy atom. The van der Waals surface area contributed by atoms with Crippen molar-refractivity contribution in [1.82, 2.24) is 0 Å². The van der Waals surface area contributed by atoms with Crippen LogP contribution in [0, 0.1) is 27.7 Å². The molecule has 0 spiro atoms. The normalized spacial score (nSPS) is 10.6. The van der Waals surface area contributed by atoms with Crippen LogP contribution in [0.4, 0.5) is 0 Å². The summed E-state index contributed by atoms with van der Waals surface area (Å²) >= 11 is 0. The molecular formula is C23H22O2. The van der Waals surface area contributed by atoms with Crippen LogP contribution >= 0.6 is 0 Å². The van der Waals surface area contributed by atoms with Crippen molar-refractivity contribution in [3.8, 4) is 16.9 Å². The number of rotatable bonds is 3. The second-order valence-electron chi connectivity index (χ2n) is 6.37. The third-order valence-electron chi connectivity index (χ3n) is 4.87. The largest absolute Gasteiger partial charge is 0.422 e. The number of hydrogen-bond donors (Lipinski definition) is 0. The quantitative estimate of drug-likeness (QED) is 0.448. The Bertz CT molecular complexity index is 924. The predicted molar refractivity (Wildman–Crippen MR) is 102 cm³/mol. The molecule has 0 unspecified atom stereocenters. The summed E-state index contributed by atoms with van der Waals surface area (Å²) in [6, 6.07) is 19.0. The Hall–Kier alpha value is -2.87. The van der Waals surface area contributed by atoms with Gasteiger partial charge in [-0.1, -0.05) is 42.5 Å². The van der Waals surface area contributed by atoms with Crippen LogP contribution in [0.1, 0.15) is 32.6 Å². The van der Waals surface area contributed by atoms with Crippen molar-refractivity contribution in [2.75, 3.05) is 0 Å². The second kappa shape index (κ2) is 6.94. The first-order valence-corrected chi connectivity index (χ1v) is 8.43. The SMILES string of the molecule is Cc1cc(-c2ccccc2OC(=O)c2ccccc2)c(C)c(C)c1C. The fraction of sp³-hybridized carbons (Fsp3) is 0.174. The number of hydrogen-bond acceptors (Lipinski definition) is 2. The molecule has 0 aromatic heterocycles. The highest BCUT2D eigenvalue weighted by Crippen LogP contribution is 2.35. The molecule has 126 valence electrons. The molecule has 0 aliphatic heterocycles. The van der Waals surface area contributed by atoms with Crippen LogP contribution in [-0.2, 0) is 0 Å². The lowest BCUT2D eigenvalue weighted by molar-refractivity contribution is 0.0735. The first-order valence-electron chi connectivity index (χ1n) is 8.43. The molecule has 25 heavy (non-hydrogen) atoms. The summed E-state index contributed by atoms with van der Waals surface area (Å²) in [6.07, 6.45) is 0. The van der Waals surface area contributed by atoms with E-state index >= 15 is 0 Å². The van der Waals surface area contributed by atoms with Crippen LogP contribution in [0.5, 0.6) is 5.75 Å².